The Balaban J connectivity index is 0.765. The van der Waals surface area contributed by atoms with Crippen molar-refractivity contribution in [3.8, 4) is 134 Å². The lowest BCUT2D eigenvalue weighted by Crippen LogP contribution is -1.88. The maximum absolute atomic E-state index is 2.34. The Morgan fingerprint density at radius 2 is 0.167 bits per heavy atom. The summed E-state index contributed by atoms with van der Waals surface area (Å²) in [6.07, 6.45) is 0. The molecular formula is C78H54. The largest absolute Gasteiger partial charge is 0.0622 e. The van der Waals surface area contributed by atoms with Crippen molar-refractivity contribution in [2.75, 3.05) is 0 Å². The first-order valence-electron chi connectivity index (χ1n) is 26.9. The summed E-state index contributed by atoms with van der Waals surface area (Å²) in [6.45, 7) is 0. The molecule has 0 N–H and O–H groups in total. The third-order valence-corrected chi connectivity index (χ3v) is 15.2. The summed E-state index contributed by atoms with van der Waals surface area (Å²) in [7, 11) is 0. The van der Waals surface area contributed by atoms with Gasteiger partial charge in [0.15, 0.2) is 0 Å². The minimum absolute atomic E-state index is 1.18. The summed E-state index contributed by atoms with van der Waals surface area (Å²) in [5, 5.41) is 0. The molecule has 13 rings (SSSR count). The van der Waals surface area contributed by atoms with E-state index in [4.69, 9.17) is 0 Å². The van der Waals surface area contributed by atoms with Crippen molar-refractivity contribution in [1.29, 1.82) is 0 Å². The van der Waals surface area contributed by atoms with E-state index in [2.05, 4.69) is 328 Å². The summed E-state index contributed by atoms with van der Waals surface area (Å²) >= 11 is 0. The summed E-state index contributed by atoms with van der Waals surface area (Å²) in [5.41, 5.74) is 28.8. The van der Waals surface area contributed by atoms with Crippen LogP contribution in [0.1, 0.15) is 0 Å². The summed E-state index contributed by atoms with van der Waals surface area (Å²) in [6, 6.07) is 119. The standard InChI is InChI=1S/C78H54/c1-4-10-55(11-5-1)58-16-22-61(23-17-58)64-28-34-67(35-29-64)70-40-46-73(47-41-70)76-52-77(74-48-42-71(43-49-74)68-36-30-65(31-37-68)62-24-18-59(19-25-62)56-12-6-2-7-13-56)54-78(53-76)75-50-44-72(45-51-75)69-38-32-66(33-39-69)63-26-20-60(21-27-63)57-14-8-3-9-15-57/h1-54H. The van der Waals surface area contributed by atoms with Crippen LogP contribution in [0.2, 0.25) is 0 Å². The topological polar surface area (TPSA) is 0 Å². The highest BCUT2D eigenvalue weighted by Crippen LogP contribution is 2.37. The van der Waals surface area contributed by atoms with E-state index >= 15 is 0 Å². The Bertz CT molecular complexity index is 3640. The first-order chi connectivity index (χ1) is 38.6. The van der Waals surface area contributed by atoms with Crippen LogP contribution < -0.4 is 0 Å². The van der Waals surface area contributed by atoms with Gasteiger partial charge in [-0.1, -0.05) is 309 Å². The fourth-order valence-corrected chi connectivity index (χ4v) is 10.7. The van der Waals surface area contributed by atoms with Crippen LogP contribution in [0.3, 0.4) is 0 Å². The van der Waals surface area contributed by atoms with Crippen LogP contribution in [0.5, 0.6) is 0 Å². The highest BCUT2D eigenvalue weighted by Gasteiger charge is 2.12. The van der Waals surface area contributed by atoms with Gasteiger partial charge in [0.05, 0.1) is 0 Å². The molecule has 13 aromatic carbocycles. The predicted octanol–water partition coefficient (Wildman–Crippen LogP) is 21.7. The monoisotopic (exact) mass is 990 g/mol. The molecule has 0 radical (unpaired) electrons. The molecule has 0 saturated carbocycles. The van der Waals surface area contributed by atoms with E-state index in [9.17, 15) is 0 Å². The maximum Gasteiger partial charge on any atom is -0.0172 e. The number of hydrogen-bond donors (Lipinski definition) is 0. The molecule has 0 bridgehead atoms. The molecule has 0 nitrogen and oxygen atoms in total. The van der Waals surface area contributed by atoms with Gasteiger partial charge in [-0.3, -0.25) is 0 Å². The van der Waals surface area contributed by atoms with Gasteiger partial charge in [-0.2, -0.15) is 0 Å². The van der Waals surface area contributed by atoms with Gasteiger partial charge < -0.3 is 0 Å². The first kappa shape index (κ1) is 47.6. The second-order valence-electron chi connectivity index (χ2n) is 20.1. The van der Waals surface area contributed by atoms with Gasteiger partial charge in [-0.15, -0.1) is 0 Å². The van der Waals surface area contributed by atoms with E-state index in [1.807, 2.05) is 0 Å². The molecule has 366 valence electrons. The van der Waals surface area contributed by atoms with Crippen molar-refractivity contribution in [3.05, 3.63) is 328 Å². The van der Waals surface area contributed by atoms with Crippen LogP contribution in [0, 0.1) is 0 Å². The van der Waals surface area contributed by atoms with E-state index in [1.165, 1.54) is 134 Å². The first-order valence-corrected chi connectivity index (χ1v) is 26.9. The third kappa shape index (κ3) is 10.3. The second-order valence-corrected chi connectivity index (χ2v) is 20.1. The average Bonchev–Trinajstić information content (AvgIpc) is 3.55. The SMILES string of the molecule is c1ccc(-c2ccc(-c3ccc(-c4ccc(-c5cc(-c6ccc(-c7ccc(-c8ccc(-c9ccccc9)cc8)cc7)cc6)cc(-c6ccc(-c7ccc(-c8ccc(-c9ccccc9)cc8)cc7)cc6)c5)cc4)cc3)cc2)cc1. The molecule has 0 aromatic heterocycles. The molecule has 0 spiro atoms. The van der Waals surface area contributed by atoms with Crippen molar-refractivity contribution < 1.29 is 0 Å². The molecule has 0 saturated heterocycles. The van der Waals surface area contributed by atoms with Crippen LogP contribution >= 0.6 is 0 Å². The second kappa shape index (κ2) is 21.6. The average molecular weight is 991 g/mol. The van der Waals surface area contributed by atoms with Gasteiger partial charge >= 0.3 is 0 Å². The Labute approximate surface area is 458 Å². The molecule has 0 unspecified atom stereocenters. The summed E-state index contributed by atoms with van der Waals surface area (Å²) in [5.74, 6) is 0. The Morgan fingerprint density at radius 3 is 0.282 bits per heavy atom. The van der Waals surface area contributed by atoms with Gasteiger partial charge in [-0.25, -0.2) is 0 Å². The van der Waals surface area contributed by atoms with E-state index in [-0.39, 0.29) is 0 Å². The molecule has 0 atom stereocenters. The van der Waals surface area contributed by atoms with E-state index in [1.54, 1.807) is 0 Å². The van der Waals surface area contributed by atoms with Crippen molar-refractivity contribution >= 4 is 0 Å². The van der Waals surface area contributed by atoms with Crippen LogP contribution in [-0.2, 0) is 0 Å². The van der Waals surface area contributed by atoms with Gasteiger partial charge in [0.2, 0.25) is 0 Å². The Kier molecular flexibility index (Phi) is 13.2. The van der Waals surface area contributed by atoms with Crippen molar-refractivity contribution in [2.45, 2.75) is 0 Å². The van der Waals surface area contributed by atoms with Crippen molar-refractivity contribution in [2.24, 2.45) is 0 Å². The quantitative estimate of drug-likeness (QED) is 0.114. The lowest BCUT2D eigenvalue weighted by atomic mass is 9.91. The highest BCUT2D eigenvalue weighted by atomic mass is 14.2. The van der Waals surface area contributed by atoms with Crippen LogP contribution in [0.15, 0.2) is 328 Å². The molecule has 0 amide bonds. The molecule has 0 fully saturated rings. The summed E-state index contributed by atoms with van der Waals surface area (Å²) < 4.78 is 0. The fraction of sp³-hybridized carbons (Fsp3) is 0. The maximum atomic E-state index is 2.34. The molecule has 0 aliphatic heterocycles. The van der Waals surface area contributed by atoms with Gasteiger partial charge in [0.1, 0.15) is 0 Å². The van der Waals surface area contributed by atoms with Crippen LogP contribution in [0.25, 0.3) is 134 Å². The molecule has 0 aliphatic rings. The molecule has 0 aliphatic carbocycles. The number of rotatable bonds is 12. The van der Waals surface area contributed by atoms with Crippen LogP contribution in [-0.4, -0.2) is 0 Å². The third-order valence-electron chi connectivity index (χ3n) is 15.2. The van der Waals surface area contributed by atoms with Crippen molar-refractivity contribution in [3.63, 3.8) is 0 Å². The van der Waals surface area contributed by atoms with Crippen molar-refractivity contribution in [1.82, 2.24) is 0 Å². The molecule has 13 aromatic rings. The van der Waals surface area contributed by atoms with E-state index in [0.29, 0.717) is 0 Å². The number of hydrogen-bond acceptors (Lipinski definition) is 0. The zero-order chi connectivity index (χ0) is 52.0. The fourth-order valence-electron chi connectivity index (χ4n) is 10.7. The zero-order valence-electron chi connectivity index (χ0n) is 43.2. The lowest BCUT2D eigenvalue weighted by molar-refractivity contribution is 1.54. The Morgan fingerprint density at radius 1 is 0.0769 bits per heavy atom. The number of benzene rings is 13. The van der Waals surface area contributed by atoms with Gasteiger partial charge in [0, 0.05) is 0 Å². The molecular weight excluding hydrogens is 937 g/mol. The highest BCUT2D eigenvalue weighted by molar-refractivity contribution is 5.85. The zero-order valence-corrected chi connectivity index (χ0v) is 43.2. The lowest BCUT2D eigenvalue weighted by Gasteiger charge is -2.13. The minimum Gasteiger partial charge on any atom is -0.0622 e. The molecule has 0 heteroatoms. The van der Waals surface area contributed by atoms with E-state index in [0.717, 1.165) is 0 Å². The summed E-state index contributed by atoms with van der Waals surface area (Å²) in [4.78, 5) is 0. The molecule has 0 heterocycles. The Hall–Kier alpha value is -10.1. The smallest absolute Gasteiger partial charge is 0.0172 e. The normalized spacial score (nSPS) is 11.1. The molecule has 78 heavy (non-hydrogen) atoms. The van der Waals surface area contributed by atoms with Gasteiger partial charge in [-0.05, 0) is 152 Å². The van der Waals surface area contributed by atoms with Crippen LogP contribution in [0.4, 0.5) is 0 Å². The van der Waals surface area contributed by atoms with E-state index < -0.39 is 0 Å². The minimum atomic E-state index is 1.18. The predicted molar refractivity (Wildman–Crippen MR) is 332 cm³/mol. The van der Waals surface area contributed by atoms with Gasteiger partial charge in [0.25, 0.3) is 0 Å².